The van der Waals surface area contributed by atoms with Crippen molar-refractivity contribution in [1.82, 2.24) is 0 Å². The molecule has 15 aromatic carbocycles. The van der Waals surface area contributed by atoms with Gasteiger partial charge in [-0.05, 0) is 76.0 Å². The van der Waals surface area contributed by atoms with E-state index in [1.165, 1.54) is 36.4 Å². The first-order chi connectivity index (χ1) is 57.4. The first kappa shape index (κ1) is 109. The minimum absolute atomic E-state index is 0. The second kappa shape index (κ2) is 47.7. The molecule has 15 aromatic rings. The van der Waals surface area contributed by atoms with Crippen LogP contribution in [-0.4, -0.2) is 114 Å². The molecule has 0 aliphatic heterocycles. The number of phenols is 4. The third kappa shape index (κ3) is 27.5. The van der Waals surface area contributed by atoms with Crippen molar-refractivity contribution in [3.63, 3.8) is 0 Å². The molecule has 34 nitrogen and oxygen atoms in total. The molecule has 612 valence electrons. The van der Waals surface area contributed by atoms with Crippen LogP contribution in [0.3, 0.4) is 0 Å². The van der Waals surface area contributed by atoms with Crippen LogP contribution >= 0.6 is 0 Å². The van der Waals surface area contributed by atoms with Crippen LogP contribution in [0.15, 0.2) is 316 Å². The molecule has 0 spiro atoms. The standard InChI is InChI=1S/C21H15N2O4S.C20H13N3O7S.C20H14N2O4S.C20H13N2O4S.6Na.2O3S/c1-13-9-10-17-15(11-13)12-19(28(25,26)27)21(24)20(17)23-22-18-8-4-6-14-5-2-3-7-16(14)18;24-16-8-5-11-3-1-2-4-13(11)19(16)21-22-20-14-7-6-12(23(26)27)9-15(14)18(10-17(20)25)31(28,29)30;23-17-11-9-13-5-1-3-7-15(13)19(17)21-22-20-16-8-4-2-6-14(16)10-12-18(20)27(24,25)26;23-18-11-10-17(15-7-3-4-8-16(15)18)21-22-20-14-6-2-1-5-13(14)9-12-19(20)27(24,25)26;;;;;;;2*1-4(2)3/h2-5,7-12,24H,1H3,(H,25,26,27);1-10,24-25H,(H,28,29,30);1-12,23H,(H,24,25,26);1-9,11-12,22H,(H,24,25,26);;;;;;;;/q-1;;;-1;6*+1;;/p-4. The number of aromatic hydroxyl groups is 4. The number of ketones is 1. The first-order valence-corrected chi connectivity index (χ1v) is 41.8. The first-order valence-electron chi connectivity index (χ1n) is 34.1. The van der Waals surface area contributed by atoms with Gasteiger partial charge >= 0.3 is 199 Å². The summed E-state index contributed by atoms with van der Waals surface area (Å²) in [6.07, 6.45) is 4.06. The summed E-state index contributed by atoms with van der Waals surface area (Å²) in [5, 5.41) is 88.6. The van der Waals surface area contributed by atoms with Crippen molar-refractivity contribution in [2.75, 3.05) is 5.43 Å². The average molecular weight is 1880 g/mol. The number of hydrogen-bond donors (Lipinski definition) is 5. The Morgan fingerprint density at radius 2 is 0.787 bits per heavy atom. The van der Waals surface area contributed by atoms with Crippen molar-refractivity contribution < 1.29 is 285 Å². The van der Waals surface area contributed by atoms with Gasteiger partial charge in [0.25, 0.3) is 5.69 Å². The maximum atomic E-state index is 12.0. The van der Waals surface area contributed by atoms with E-state index < -0.39 is 103 Å². The second-order valence-electron chi connectivity index (χ2n) is 25.1. The third-order valence-corrected chi connectivity index (χ3v) is 21.0. The van der Waals surface area contributed by atoms with Gasteiger partial charge in [-0.15, -0.1) is 98.7 Å². The summed E-state index contributed by atoms with van der Waals surface area (Å²) in [6.45, 7) is 1.84. The maximum absolute atomic E-state index is 12.0. The zero-order valence-corrected chi connectivity index (χ0v) is 84.1. The summed E-state index contributed by atoms with van der Waals surface area (Å²) in [5.74, 6) is -1.83. The van der Waals surface area contributed by atoms with Crippen molar-refractivity contribution in [2.24, 2.45) is 35.8 Å². The van der Waals surface area contributed by atoms with E-state index in [-0.39, 0.29) is 240 Å². The fourth-order valence-electron chi connectivity index (χ4n) is 12.3. The van der Waals surface area contributed by atoms with Crippen LogP contribution in [0.25, 0.3) is 75.4 Å². The molecule has 0 radical (unpaired) electrons. The third-order valence-electron chi connectivity index (χ3n) is 17.5. The van der Waals surface area contributed by atoms with Gasteiger partial charge in [0, 0.05) is 61.6 Å². The number of nitrogens with one attached hydrogen (secondary N) is 1. The molecule has 1 aliphatic carbocycles. The zero-order chi connectivity index (χ0) is 87.4. The number of allylic oxidation sites excluding steroid dienone is 2. The van der Waals surface area contributed by atoms with Crippen LogP contribution in [0.1, 0.15) is 21.5 Å². The molecule has 0 atom stereocenters. The SMILES string of the molecule is Cc1ccc2c(N=Nc3cc[c-]c4ccccc34)c(O)c(S(=O)(=O)[O-])cc2c1.O=C1C=[C-]C(=NNc2c(S(=O)(=O)[O-])ccc3ccccc23)c2ccccc21.O=S(=O)([O-])c1ccc2ccccc2c1N=Nc1c(O)ccc2ccccc12.O=S(=O)=O.O=S(=O)=O.O=[N+]([O-])c1ccc2c(N=Nc3c(O)ccc4ccccc34)c(O)cc(S(=O)(=O)[O-])c2c1.[Na+].[Na+].[Na+].[Na+].[Na+].[Na+]. The molecule has 0 amide bonds. The molecular weight excluding hydrogens is 1830 g/mol. The number of rotatable bonds is 13. The van der Waals surface area contributed by atoms with Gasteiger partial charge < -0.3 is 43.4 Å². The van der Waals surface area contributed by atoms with Crippen LogP contribution in [0.2, 0.25) is 0 Å². The Morgan fingerprint density at radius 1 is 0.378 bits per heavy atom. The molecular formula is C81H51N9Na6O25S6. The number of phenolic OH excluding ortho intramolecular Hbond substituents is 4. The molecule has 46 heteroatoms. The van der Waals surface area contributed by atoms with Crippen LogP contribution < -0.4 is 183 Å². The number of aryl methyl sites for hydroxylation is 1. The second-order valence-corrected chi connectivity index (χ2v) is 31.3. The smallest absolute Gasteiger partial charge is 0.744 e. The van der Waals surface area contributed by atoms with Crippen LogP contribution in [-0.2, 0) is 61.7 Å². The number of carbonyl (C=O) groups excluding carboxylic acids is 1. The van der Waals surface area contributed by atoms with Gasteiger partial charge in [0.05, 0.1) is 36.0 Å². The minimum atomic E-state index is -5.06. The van der Waals surface area contributed by atoms with Crippen LogP contribution in [0, 0.1) is 29.2 Å². The number of hydrazone groups is 1. The van der Waals surface area contributed by atoms with Gasteiger partial charge in [0.2, 0.25) is 0 Å². The summed E-state index contributed by atoms with van der Waals surface area (Å²) >= 11 is 0. The van der Waals surface area contributed by atoms with E-state index in [0.717, 1.165) is 56.1 Å². The predicted molar refractivity (Wildman–Crippen MR) is 437 cm³/mol. The summed E-state index contributed by atoms with van der Waals surface area (Å²) in [4.78, 5) is 19.9. The van der Waals surface area contributed by atoms with E-state index in [0.29, 0.717) is 60.9 Å². The number of azo groups is 3. The summed E-state index contributed by atoms with van der Waals surface area (Å²) in [5.41, 5.74) is 5.12. The topological polar surface area (TPSA) is 571 Å². The van der Waals surface area contributed by atoms with Crippen molar-refractivity contribution in [3.05, 3.63) is 300 Å². The Kier molecular flexibility index (Phi) is 40.9. The normalized spacial score (nSPS) is 11.8. The Bertz CT molecular complexity index is 7670. The fourth-order valence-corrected chi connectivity index (χ4v) is 14.8. The average Bonchev–Trinajstić information content (AvgIpc) is 0.765. The van der Waals surface area contributed by atoms with Crippen molar-refractivity contribution in [1.29, 1.82) is 0 Å². The quantitative estimate of drug-likeness (QED) is 0.0206. The summed E-state index contributed by atoms with van der Waals surface area (Å²) in [7, 11) is -25.6. The van der Waals surface area contributed by atoms with Crippen molar-refractivity contribution >= 4 is 194 Å². The molecule has 1 aliphatic rings. The number of benzene rings is 15. The molecule has 0 aromatic heterocycles. The molecule has 0 saturated heterocycles. The summed E-state index contributed by atoms with van der Waals surface area (Å²) < 4.78 is 190. The molecule has 0 unspecified atom stereocenters. The Labute approximate surface area is 857 Å². The number of nitro groups is 1. The number of fused-ring (bicyclic) bond motifs is 8. The number of nitro benzene ring substituents is 1. The Hall–Kier alpha value is -8.72. The van der Waals surface area contributed by atoms with Crippen molar-refractivity contribution in [3.8, 4) is 23.0 Å². The molecule has 127 heavy (non-hydrogen) atoms. The molecule has 0 fully saturated rings. The van der Waals surface area contributed by atoms with E-state index >= 15 is 0 Å². The molecule has 16 rings (SSSR count). The van der Waals surface area contributed by atoms with E-state index in [1.54, 1.807) is 158 Å². The summed E-state index contributed by atoms with van der Waals surface area (Å²) in [6, 6.07) is 71.4. The molecule has 5 N–H and O–H groups in total. The molecule has 0 heterocycles. The van der Waals surface area contributed by atoms with Gasteiger partial charge in [0.15, 0.2) is 5.75 Å². The monoisotopic (exact) mass is 1880 g/mol. The van der Waals surface area contributed by atoms with E-state index in [1.807, 2.05) is 49.4 Å². The number of hydrogen-bond acceptors (Lipinski definition) is 33. The van der Waals surface area contributed by atoms with Gasteiger partial charge in [-0.25, -0.2) is 38.8 Å². The van der Waals surface area contributed by atoms with Gasteiger partial charge in [-0.3, -0.25) is 15.5 Å². The van der Waals surface area contributed by atoms with Gasteiger partial charge in [-0.2, -0.15) is 11.2 Å². The zero-order valence-electron chi connectivity index (χ0n) is 67.2. The van der Waals surface area contributed by atoms with Crippen LogP contribution in [0.5, 0.6) is 23.0 Å². The molecule has 0 bridgehead atoms. The van der Waals surface area contributed by atoms with E-state index in [9.17, 15) is 87.2 Å². The van der Waals surface area contributed by atoms with Gasteiger partial charge in [0.1, 0.15) is 86.2 Å². The maximum Gasteiger partial charge on any atom is 1.00 e. The largest absolute Gasteiger partial charge is 1.00 e. The molecule has 0 saturated carbocycles. The van der Waals surface area contributed by atoms with Crippen LogP contribution in [0.4, 0.5) is 45.5 Å². The predicted octanol–water partition coefficient (Wildman–Crippen LogP) is -2.09. The number of carbonyl (C=O) groups is 1. The number of non-ortho nitro benzene ring substituents is 1. The van der Waals surface area contributed by atoms with Gasteiger partial charge in [-0.1, -0.05) is 192 Å². The fraction of sp³-hybridized carbons (Fsp3) is 0.0123. The van der Waals surface area contributed by atoms with E-state index in [4.69, 9.17) is 25.3 Å². The Morgan fingerprint density at radius 3 is 1.30 bits per heavy atom. The van der Waals surface area contributed by atoms with Crippen molar-refractivity contribution in [2.45, 2.75) is 26.5 Å². The number of anilines is 1. The van der Waals surface area contributed by atoms with E-state index in [2.05, 4.69) is 53.4 Å². The Balaban J connectivity index is 0.000000287. The minimum Gasteiger partial charge on any atom is -0.744 e. The number of nitrogens with zero attached hydrogens (tertiary/aromatic N) is 8.